The molecule has 0 radical (unpaired) electrons. The Morgan fingerprint density at radius 2 is 1.71 bits per heavy atom. The number of hydrogen-bond donors (Lipinski definition) is 0. The van der Waals surface area contributed by atoms with Crippen LogP contribution in [0.15, 0.2) is 41.9 Å². The predicted molar refractivity (Wildman–Crippen MR) is 111 cm³/mol. The normalized spacial score (nSPS) is 18.9. The van der Waals surface area contributed by atoms with Gasteiger partial charge in [-0.15, -0.1) is 0 Å². The summed E-state index contributed by atoms with van der Waals surface area (Å²) in [7, 11) is 1.37. The van der Waals surface area contributed by atoms with E-state index in [2.05, 4.69) is 9.80 Å². The van der Waals surface area contributed by atoms with E-state index in [4.69, 9.17) is 21.7 Å². The molecule has 0 aromatic heterocycles. The summed E-state index contributed by atoms with van der Waals surface area (Å²) >= 11 is 5.10. The number of ether oxygens (including phenoxy) is 2. The van der Waals surface area contributed by atoms with Crippen molar-refractivity contribution in [3.8, 4) is 0 Å². The van der Waals surface area contributed by atoms with Crippen molar-refractivity contribution in [2.75, 3.05) is 36.5 Å². The predicted octanol–water partition coefficient (Wildman–Crippen LogP) is 3.03. The summed E-state index contributed by atoms with van der Waals surface area (Å²) in [6.07, 6.45) is 3.50. The van der Waals surface area contributed by atoms with Gasteiger partial charge >= 0.3 is 5.97 Å². The molecule has 1 aromatic carbocycles. The molecule has 28 heavy (non-hydrogen) atoms. The highest BCUT2D eigenvalue weighted by molar-refractivity contribution is 7.80. The highest BCUT2D eigenvalue weighted by Crippen LogP contribution is 2.42. The lowest BCUT2D eigenvalue weighted by molar-refractivity contribution is -0.122. The van der Waals surface area contributed by atoms with Crippen molar-refractivity contribution in [3.05, 3.63) is 47.5 Å². The summed E-state index contributed by atoms with van der Waals surface area (Å²) in [4.78, 5) is 29.9. The molecule has 1 amide bonds. The average Bonchev–Trinajstić information content (AvgIpc) is 3.16. The standard InChI is InChI=1S/C20H23N3O4S/c1-5-21-14-9-8-13(19(25)26-4)12-15(14)22(6-2)17(21)11-10-16-18(24)23(7-3)20(28)27-16/h8-12H,5-7H2,1-4H3/b16-10-,17-11+. The van der Waals surface area contributed by atoms with E-state index >= 15 is 0 Å². The molecule has 1 saturated heterocycles. The van der Waals surface area contributed by atoms with E-state index in [-0.39, 0.29) is 22.8 Å². The van der Waals surface area contributed by atoms with Gasteiger partial charge in [0, 0.05) is 19.6 Å². The third kappa shape index (κ3) is 3.24. The number of rotatable bonds is 5. The van der Waals surface area contributed by atoms with Crippen molar-refractivity contribution in [2.24, 2.45) is 0 Å². The van der Waals surface area contributed by atoms with Crippen molar-refractivity contribution < 1.29 is 19.1 Å². The van der Waals surface area contributed by atoms with Crippen LogP contribution in [0, 0.1) is 0 Å². The van der Waals surface area contributed by atoms with Gasteiger partial charge in [-0.1, -0.05) is 0 Å². The number of esters is 1. The molecule has 0 saturated carbocycles. The first-order valence-corrected chi connectivity index (χ1v) is 9.60. The van der Waals surface area contributed by atoms with Gasteiger partial charge in [0.1, 0.15) is 5.82 Å². The van der Waals surface area contributed by atoms with Crippen molar-refractivity contribution in [1.82, 2.24) is 4.90 Å². The van der Waals surface area contributed by atoms with Crippen molar-refractivity contribution in [1.29, 1.82) is 0 Å². The molecule has 3 rings (SSSR count). The molecule has 0 aliphatic carbocycles. The van der Waals surface area contributed by atoms with E-state index in [0.717, 1.165) is 23.7 Å². The van der Waals surface area contributed by atoms with Crippen LogP contribution in [0.5, 0.6) is 0 Å². The number of anilines is 2. The summed E-state index contributed by atoms with van der Waals surface area (Å²) in [6.45, 7) is 7.81. The highest BCUT2D eigenvalue weighted by atomic mass is 32.1. The quantitative estimate of drug-likeness (QED) is 0.427. The molecule has 2 aliphatic rings. The lowest BCUT2D eigenvalue weighted by Gasteiger charge is -2.23. The van der Waals surface area contributed by atoms with Crippen molar-refractivity contribution in [3.63, 3.8) is 0 Å². The fraction of sp³-hybridized carbons (Fsp3) is 0.350. The van der Waals surface area contributed by atoms with Crippen LogP contribution in [0.25, 0.3) is 0 Å². The van der Waals surface area contributed by atoms with Crippen LogP contribution >= 0.6 is 12.2 Å². The van der Waals surface area contributed by atoms with E-state index in [1.807, 2.05) is 39.0 Å². The van der Waals surface area contributed by atoms with Gasteiger partial charge in [-0.2, -0.15) is 0 Å². The van der Waals surface area contributed by atoms with Gasteiger partial charge in [0.2, 0.25) is 0 Å². The van der Waals surface area contributed by atoms with Crippen LogP contribution in [0.1, 0.15) is 31.1 Å². The topological polar surface area (TPSA) is 62.3 Å². The Balaban J connectivity index is 2.00. The van der Waals surface area contributed by atoms with E-state index in [1.54, 1.807) is 12.1 Å². The summed E-state index contributed by atoms with van der Waals surface area (Å²) in [5.74, 6) is 0.489. The minimum atomic E-state index is -0.375. The maximum Gasteiger partial charge on any atom is 0.337 e. The molecule has 1 aromatic rings. The molecule has 0 N–H and O–H groups in total. The molecule has 7 nitrogen and oxygen atoms in total. The van der Waals surface area contributed by atoms with Crippen LogP contribution in [0.4, 0.5) is 11.4 Å². The van der Waals surface area contributed by atoms with Crippen LogP contribution in [0.2, 0.25) is 0 Å². The largest absolute Gasteiger partial charge is 0.465 e. The molecule has 8 heteroatoms. The Hall–Kier alpha value is -2.87. The summed E-state index contributed by atoms with van der Waals surface area (Å²) in [6, 6.07) is 5.49. The highest BCUT2D eigenvalue weighted by Gasteiger charge is 2.33. The second kappa shape index (κ2) is 8.02. The number of methoxy groups -OCH3 is 1. The Kier molecular flexibility index (Phi) is 5.69. The van der Waals surface area contributed by atoms with Crippen LogP contribution in [-0.4, -0.2) is 48.7 Å². The number of thiocarbonyl (C=S) groups is 1. The Bertz CT molecular complexity index is 893. The second-order valence-electron chi connectivity index (χ2n) is 6.16. The number of benzene rings is 1. The average molecular weight is 401 g/mol. The number of likely N-dealkylation sites (N-methyl/N-ethyl adjacent to an activating group) is 1. The third-order valence-corrected chi connectivity index (χ3v) is 5.04. The minimum Gasteiger partial charge on any atom is -0.465 e. The molecular formula is C20H23N3O4S. The molecule has 148 valence electrons. The summed E-state index contributed by atoms with van der Waals surface area (Å²) in [5.41, 5.74) is 2.40. The summed E-state index contributed by atoms with van der Waals surface area (Å²) < 4.78 is 10.3. The monoisotopic (exact) mass is 401 g/mol. The van der Waals surface area contributed by atoms with Gasteiger partial charge < -0.3 is 19.3 Å². The van der Waals surface area contributed by atoms with E-state index in [1.165, 1.54) is 12.0 Å². The zero-order valence-electron chi connectivity index (χ0n) is 16.4. The first-order valence-electron chi connectivity index (χ1n) is 9.19. The van der Waals surface area contributed by atoms with Gasteiger partial charge in [-0.25, -0.2) is 4.79 Å². The zero-order chi connectivity index (χ0) is 20.4. The number of nitrogens with zero attached hydrogens (tertiary/aromatic N) is 3. The Labute approximate surface area is 169 Å². The lowest BCUT2D eigenvalue weighted by Crippen LogP contribution is -2.28. The number of carbonyl (C=O) groups excluding carboxylic acids is 2. The van der Waals surface area contributed by atoms with Gasteiger partial charge in [0.15, 0.2) is 5.76 Å². The zero-order valence-corrected chi connectivity index (χ0v) is 17.2. The van der Waals surface area contributed by atoms with E-state index in [0.29, 0.717) is 18.7 Å². The fourth-order valence-corrected chi connectivity index (χ4v) is 3.69. The SMILES string of the molecule is CCN1C(=O)/C(=C/C=C2\N(CC)c3ccc(C(=O)OC)cc3N2CC)OC1=S. The molecule has 2 aliphatic heterocycles. The molecule has 0 spiro atoms. The second-order valence-corrected chi connectivity index (χ2v) is 6.51. The van der Waals surface area contributed by atoms with Gasteiger partial charge in [0.05, 0.1) is 24.0 Å². The van der Waals surface area contributed by atoms with Crippen molar-refractivity contribution >= 4 is 40.6 Å². The van der Waals surface area contributed by atoms with Gasteiger partial charge in [0.25, 0.3) is 11.1 Å². The maximum absolute atomic E-state index is 12.4. The number of carbonyl (C=O) groups is 2. The first-order chi connectivity index (χ1) is 13.5. The van der Waals surface area contributed by atoms with Gasteiger partial charge in [-0.05, 0) is 63.3 Å². The smallest absolute Gasteiger partial charge is 0.337 e. The Morgan fingerprint density at radius 3 is 2.29 bits per heavy atom. The molecule has 1 fully saturated rings. The first kappa shape index (κ1) is 19.9. The van der Waals surface area contributed by atoms with Gasteiger partial charge in [-0.3, -0.25) is 9.69 Å². The number of fused-ring (bicyclic) bond motifs is 1. The molecular weight excluding hydrogens is 378 g/mol. The van der Waals surface area contributed by atoms with E-state index in [9.17, 15) is 9.59 Å². The van der Waals surface area contributed by atoms with E-state index < -0.39 is 0 Å². The summed E-state index contributed by atoms with van der Waals surface area (Å²) in [5, 5.41) is 0.175. The molecule has 0 unspecified atom stereocenters. The number of allylic oxidation sites excluding steroid dienone is 2. The third-order valence-electron chi connectivity index (χ3n) is 4.74. The number of hydrogen-bond acceptors (Lipinski definition) is 7. The maximum atomic E-state index is 12.4. The molecule has 0 bridgehead atoms. The van der Waals surface area contributed by atoms with Crippen LogP contribution in [-0.2, 0) is 14.3 Å². The molecule has 0 atom stereocenters. The van der Waals surface area contributed by atoms with Crippen LogP contribution < -0.4 is 9.80 Å². The fourth-order valence-electron chi connectivity index (χ4n) is 3.39. The molecule has 2 heterocycles. The van der Waals surface area contributed by atoms with Crippen molar-refractivity contribution in [2.45, 2.75) is 20.8 Å². The Morgan fingerprint density at radius 1 is 1.07 bits per heavy atom. The number of amides is 1. The van der Waals surface area contributed by atoms with Crippen LogP contribution in [0.3, 0.4) is 0 Å². The lowest BCUT2D eigenvalue weighted by atomic mass is 10.1. The minimum absolute atomic E-state index is 0.175.